The van der Waals surface area contributed by atoms with Crippen LogP contribution in [0.25, 0.3) is 10.2 Å². The summed E-state index contributed by atoms with van der Waals surface area (Å²) in [5.74, 6) is 0.898. The lowest BCUT2D eigenvalue weighted by molar-refractivity contribution is 0.353. The molecule has 1 aromatic heterocycles. The van der Waals surface area contributed by atoms with Gasteiger partial charge >= 0.3 is 0 Å². The molecule has 2 heterocycles. The van der Waals surface area contributed by atoms with Gasteiger partial charge in [0.15, 0.2) is 11.5 Å². The lowest BCUT2D eigenvalue weighted by atomic mass is 10.2. The highest BCUT2D eigenvalue weighted by molar-refractivity contribution is 7.89. The average molecular weight is 405 g/mol. The third kappa shape index (κ3) is 3.18. The van der Waals surface area contributed by atoms with E-state index < -0.39 is 10.0 Å². The number of aromatic nitrogens is 1. The maximum absolute atomic E-state index is 13.3. The van der Waals surface area contributed by atoms with Crippen LogP contribution < -0.4 is 9.47 Å². The number of hydrogen-bond acceptors (Lipinski definition) is 6. The van der Waals surface area contributed by atoms with E-state index in [1.807, 2.05) is 24.3 Å². The molecule has 1 fully saturated rings. The normalized spacial score (nSPS) is 18.1. The van der Waals surface area contributed by atoms with Crippen molar-refractivity contribution in [3.05, 3.63) is 47.5 Å². The van der Waals surface area contributed by atoms with Crippen LogP contribution in [0.3, 0.4) is 0 Å². The molecule has 8 heteroatoms. The third-order valence-corrected chi connectivity index (χ3v) is 7.80. The van der Waals surface area contributed by atoms with Crippen molar-refractivity contribution < 1.29 is 17.9 Å². The van der Waals surface area contributed by atoms with E-state index in [9.17, 15) is 8.42 Å². The van der Waals surface area contributed by atoms with Crippen molar-refractivity contribution in [2.45, 2.75) is 23.8 Å². The molecule has 2 aromatic carbocycles. The fourth-order valence-corrected chi connectivity index (χ4v) is 6.28. The van der Waals surface area contributed by atoms with Gasteiger partial charge in [-0.2, -0.15) is 4.31 Å². The first kappa shape index (κ1) is 18.2. The molecule has 4 rings (SSSR count). The van der Waals surface area contributed by atoms with E-state index in [0.29, 0.717) is 18.0 Å². The first-order valence-corrected chi connectivity index (χ1v) is 10.9. The molecule has 0 aliphatic carbocycles. The zero-order valence-electron chi connectivity index (χ0n) is 15.1. The summed E-state index contributed by atoms with van der Waals surface area (Å²) in [6, 6.07) is 12.3. The van der Waals surface area contributed by atoms with Gasteiger partial charge in [-0.05, 0) is 37.1 Å². The second-order valence-electron chi connectivity index (χ2n) is 6.31. The van der Waals surface area contributed by atoms with Gasteiger partial charge in [-0.25, -0.2) is 13.4 Å². The molecule has 0 amide bonds. The van der Waals surface area contributed by atoms with E-state index in [1.165, 1.54) is 20.3 Å². The van der Waals surface area contributed by atoms with Crippen molar-refractivity contribution in [2.75, 3.05) is 20.8 Å². The minimum absolute atomic E-state index is 0.202. The average Bonchev–Trinajstić information content (AvgIpc) is 3.34. The second-order valence-corrected chi connectivity index (χ2v) is 9.26. The van der Waals surface area contributed by atoms with Crippen molar-refractivity contribution >= 4 is 31.6 Å². The SMILES string of the molecule is COc1ccc(S(=O)(=O)N2CCC[C@@H]2c2nc3ccccc3s2)cc1OC. The van der Waals surface area contributed by atoms with Gasteiger partial charge in [-0.3, -0.25) is 0 Å². The second kappa shape index (κ2) is 7.10. The molecular weight excluding hydrogens is 384 g/mol. The molecule has 0 saturated carbocycles. The van der Waals surface area contributed by atoms with Gasteiger partial charge in [-0.15, -0.1) is 11.3 Å². The Kier molecular flexibility index (Phi) is 4.79. The Morgan fingerprint density at radius 1 is 1.11 bits per heavy atom. The number of fused-ring (bicyclic) bond motifs is 1. The monoisotopic (exact) mass is 404 g/mol. The Labute approximate surface area is 162 Å². The minimum atomic E-state index is -3.67. The Bertz CT molecular complexity index is 1050. The molecule has 1 aliphatic rings. The maximum atomic E-state index is 13.3. The molecule has 0 radical (unpaired) electrons. The number of rotatable bonds is 5. The van der Waals surface area contributed by atoms with Crippen molar-refractivity contribution in [2.24, 2.45) is 0 Å². The highest BCUT2D eigenvalue weighted by Crippen LogP contribution is 2.40. The lowest BCUT2D eigenvalue weighted by Gasteiger charge is -2.23. The first-order valence-electron chi connectivity index (χ1n) is 8.64. The molecule has 6 nitrogen and oxygen atoms in total. The molecule has 1 saturated heterocycles. The molecule has 0 N–H and O–H groups in total. The Balaban J connectivity index is 1.72. The molecule has 142 valence electrons. The maximum Gasteiger partial charge on any atom is 0.243 e. The van der Waals surface area contributed by atoms with Crippen LogP contribution >= 0.6 is 11.3 Å². The summed E-state index contributed by atoms with van der Waals surface area (Å²) in [5.41, 5.74) is 0.910. The molecule has 1 aliphatic heterocycles. The van der Waals surface area contributed by atoms with Gasteiger partial charge in [0.1, 0.15) is 5.01 Å². The molecule has 0 unspecified atom stereocenters. The molecule has 3 aromatic rings. The van der Waals surface area contributed by atoms with Crippen molar-refractivity contribution in [1.29, 1.82) is 0 Å². The van der Waals surface area contributed by atoms with E-state index >= 15 is 0 Å². The number of hydrogen-bond donors (Lipinski definition) is 0. The van der Waals surface area contributed by atoms with Crippen LogP contribution in [0.2, 0.25) is 0 Å². The van der Waals surface area contributed by atoms with Crippen LogP contribution in [0.5, 0.6) is 11.5 Å². The summed E-state index contributed by atoms with van der Waals surface area (Å²) in [5, 5.41) is 0.845. The Morgan fingerprint density at radius 2 is 1.89 bits per heavy atom. The minimum Gasteiger partial charge on any atom is -0.493 e. The van der Waals surface area contributed by atoms with Gasteiger partial charge < -0.3 is 9.47 Å². The fraction of sp³-hybridized carbons (Fsp3) is 0.316. The quantitative estimate of drug-likeness (QED) is 0.646. The zero-order valence-corrected chi connectivity index (χ0v) is 16.7. The van der Waals surface area contributed by atoms with Crippen LogP contribution in [0.4, 0.5) is 0 Å². The topological polar surface area (TPSA) is 68.7 Å². The first-order chi connectivity index (χ1) is 13.0. The van der Waals surface area contributed by atoms with Gasteiger partial charge in [-0.1, -0.05) is 12.1 Å². The predicted molar refractivity (Wildman–Crippen MR) is 105 cm³/mol. The van der Waals surface area contributed by atoms with E-state index in [2.05, 4.69) is 4.98 Å². The van der Waals surface area contributed by atoms with E-state index in [0.717, 1.165) is 28.1 Å². The van der Waals surface area contributed by atoms with E-state index in [4.69, 9.17) is 9.47 Å². The number of methoxy groups -OCH3 is 2. The van der Waals surface area contributed by atoms with E-state index in [1.54, 1.807) is 27.8 Å². The summed E-state index contributed by atoms with van der Waals surface area (Å²) >= 11 is 1.56. The number of ether oxygens (including phenoxy) is 2. The molecule has 0 spiro atoms. The predicted octanol–water partition coefficient (Wildman–Crippen LogP) is 3.84. The van der Waals surface area contributed by atoms with Crippen LogP contribution in [0.1, 0.15) is 23.9 Å². The van der Waals surface area contributed by atoms with Gasteiger partial charge in [0.2, 0.25) is 10.0 Å². The summed E-state index contributed by atoms with van der Waals surface area (Å²) in [7, 11) is -0.649. The molecule has 27 heavy (non-hydrogen) atoms. The highest BCUT2D eigenvalue weighted by Gasteiger charge is 2.38. The zero-order chi connectivity index (χ0) is 19.0. The van der Waals surface area contributed by atoms with Crippen LogP contribution in [-0.2, 0) is 10.0 Å². The lowest BCUT2D eigenvalue weighted by Crippen LogP contribution is -2.30. The van der Waals surface area contributed by atoms with Gasteiger partial charge in [0, 0.05) is 12.6 Å². The summed E-state index contributed by atoms with van der Waals surface area (Å²) < 4.78 is 39.7. The largest absolute Gasteiger partial charge is 0.493 e. The number of benzene rings is 2. The van der Waals surface area contributed by atoms with Crippen LogP contribution in [0, 0.1) is 0 Å². The van der Waals surface area contributed by atoms with Crippen molar-refractivity contribution in [3.8, 4) is 11.5 Å². The van der Waals surface area contributed by atoms with Crippen molar-refractivity contribution in [3.63, 3.8) is 0 Å². The Hall–Kier alpha value is -2.16. The Morgan fingerprint density at radius 3 is 2.63 bits per heavy atom. The summed E-state index contributed by atoms with van der Waals surface area (Å²) in [4.78, 5) is 4.88. The summed E-state index contributed by atoms with van der Waals surface area (Å²) in [6.45, 7) is 0.483. The van der Waals surface area contributed by atoms with Crippen LogP contribution in [-0.4, -0.2) is 38.5 Å². The van der Waals surface area contributed by atoms with E-state index in [-0.39, 0.29) is 10.9 Å². The number of nitrogens with zero attached hydrogens (tertiary/aromatic N) is 2. The summed E-state index contributed by atoms with van der Waals surface area (Å²) in [6.07, 6.45) is 1.58. The fourth-order valence-electron chi connectivity index (χ4n) is 3.42. The standard InChI is InChI=1S/C19H20N2O4S2/c1-24-16-10-9-13(12-17(16)25-2)27(22,23)21-11-5-7-15(21)19-20-14-6-3-4-8-18(14)26-19/h3-4,6,8-10,12,15H,5,7,11H2,1-2H3/t15-/m1/s1. The highest BCUT2D eigenvalue weighted by atomic mass is 32.2. The molecule has 1 atom stereocenters. The third-order valence-electron chi connectivity index (χ3n) is 4.76. The van der Waals surface area contributed by atoms with Gasteiger partial charge in [0.25, 0.3) is 0 Å². The van der Waals surface area contributed by atoms with Crippen LogP contribution in [0.15, 0.2) is 47.4 Å². The van der Waals surface area contributed by atoms with Crippen molar-refractivity contribution in [1.82, 2.24) is 9.29 Å². The van der Waals surface area contributed by atoms with Gasteiger partial charge in [0.05, 0.1) is 35.4 Å². The molecule has 0 bridgehead atoms. The number of thiazole rings is 1. The number of sulfonamides is 1. The molecular formula is C19H20N2O4S2. The number of para-hydroxylation sites is 1. The smallest absolute Gasteiger partial charge is 0.243 e.